The van der Waals surface area contributed by atoms with Crippen LogP contribution in [0, 0.1) is 0 Å². The van der Waals surface area contributed by atoms with E-state index in [0.29, 0.717) is 12.0 Å². The van der Waals surface area contributed by atoms with Gasteiger partial charge in [-0.15, -0.1) is 0 Å². The van der Waals surface area contributed by atoms with E-state index in [-0.39, 0.29) is 5.78 Å². The molecule has 0 heterocycles. The van der Waals surface area contributed by atoms with Crippen molar-refractivity contribution in [3.63, 3.8) is 0 Å². The summed E-state index contributed by atoms with van der Waals surface area (Å²) in [5.74, 6) is 1.69. The Morgan fingerprint density at radius 3 is 2.36 bits per heavy atom. The fraction of sp³-hybridized carbons (Fsp3) is 0.435. The standard InChI is InChI=1S/C23H26O2/c1-16(24)18-13-14-23(25-19-9-2-3-10-19)22(15-18)21-12-5-4-11-20(21)17-7-6-8-17/h4-5,11-15,17,19H,2-3,6-10H2,1H3. The number of carbonyl (C=O) groups is 1. The van der Waals surface area contributed by atoms with E-state index in [1.807, 2.05) is 18.2 Å². The summed E-state index contributed by atoms with van der Waals surface area (Å²) in [6.45, 7) is 1.63. The lowest BCUT2D eigenvalue weighted by atomic mass is 9.77. The molecule has 0 bridgehead atoms. The molecule has 2 aliphatic rings. The maximum absolute atomic E-state index is 11.9. The van der Waals surface area contributed by atoms with Gasteiger partial charge in [-0.2, -0.15) is 0 Å². The first-order valence-corrected chi connectivity index (χ1v) is 9.63. The Kier molecular flexibility index (Phi) is 4.61. The van der Waals surface area contributed by atoms with Gasteiger partial charge in [-0.1, -0.05) is 30.7 Å². The lowest BCUT2D eigenvalue weighted by Crippen LogP contribution is -2.13. The van der Waals surface area contributed by atoms with Gasteiger partial charge in [0.05, 0.1) is 6.10 Å². The Balaban J connectivity index is 1.78. The molecule has 0 unspecified atom stereocenters. The van der Waals surface area contributed by atoms with Crippen molar-refractivity contribution in [2.75, 3.05) is 0 Å². The van der Waals surface area contributed by atoms with Crippen molar-refractivity contribution in [1.82, 2.24) is 0 Å². The average Bonchev–Trinajstić information content (AvgIpc) is 3.07. The summed E-state index contributed by atoms with van der Waals surface area (Å²) >= 11 is 0. The van der Waals surface area contributed by atoms with Gasteiger partial charge in [0.15, 0.2) is 5.78 Å². The molecule has 0 aliphatic heterocycles. The smallest absolute Gasteiger partial charge is 0.159 e. The highest BCUT2D eigenvalue weighted by Crippen LogP contribution is 2.44. The molecule has 2 aromatic carbocycles. The summed E-state index contributed by atoms with van der Waals surface area (Å²) in [5, 5.41) is 0. The normalized spacial score (nSPS) is 18.1. The number of rotatable bonds is 5. The minimum Gasteiger partial charge on any atom is -0.490 e. The van der Waals surface area contributed by atoms with Crippen LogP contribution in [0.15, 0.2) is 42.5 Å². The van der Waals surface area contributed by atoms with E-state index >= 15 is 0 Å². The summed E-state index contributed by atoms with van der Waals surface area (Å²) < 4.78 is 6.37. The fourth-order valence-corrected chi connectivity index (χ4v) is 4.07. The molecular formula is C23H26O2. The van der Waals surface area contributed by atoms with Crippen molar-refractivity contribution < 1.29 is 9.53 Å². The summed E-state index contributed by atoms with van der Waals surface area (Å²) in [4.78, 5) is 11.9. The quantitative estimate of drug-likeness (QED) is 0.613. The van der Waals surface area contributed by atoms with E-state index in [1.54, 1.807) is 6.92 Å². The number of benzene rings is 2. The summed E-state index contributed by atoms with van der Waals surface area (Å²) in [7, 11) is 0. The average molecular weight is 334 g/mol. The topological polar surface area (TPSA) is 26.3 Å². The highest BCUT2D eigenvalue weighted by Gasteiger charge is 2.25. The minimum atomic E-state index is 0.106. The second kappa shape index (κ2) is 7.03. The van der Waals surface area contributed by atoms with Gasteiger partial charge in [-0.3, -0.25) is 4.79 Å². The fourth-order valence-electron chi connectivity index (χ4n) is 4.07. The lowest BCUT2D eigenvalue weighted by molar-refractivity contribution is 0.101. The first-order chi connectivity index (χ1) is 12.2. The van der Waals surface area contributed by atoms with Crippen LogP contribution in [0.1, 0.15) is 73.7 Å². The van der Waals surface area contributed by atoms with Gasteiger partial charge < -0.3 is 4.74 Å². The molecule has 2 fully saturated rings. The third kappa shape index (κ3) is 3.35. The number of carbonyl (C=O) groups excluding carboxylic acids is 1. The van der Waals surface area contributed by atoms with E-state index in [1.165, 1.54) is 43.2 Å². The maximum atomic E-state index is 11.9. The predicted molar refractivity (Wildman–Crippen MR) is 101 cm³/mol. The number of ether oxygens (including phenoxy) is 1. The molecule has 0 saturated heterocycles. The van der Waals surface area contributed by atoms with Crippen molar-refractivity contribution in [3.8, 4) is 16.9 Å². The molecule has 0 atom stereocenters. The molecule has 130 valence electrons. The van der Waals surface area contributed by atoms with Gasteiger partial charge in [-0.25, -0.2) is 0 Å². The molecule has 0 amide bonds. The third-order valence-electron chi connectivity index (χ3n) is 5.78. The first kappa shape index (κ1) is 16.4. The third-order valence-corrected chi connectivity index (χ3v) is 5.78. The minimum absolute atomic E-state index is 0.106. The van der Waals surface area contributed by atoms with Gasteiger partial charge >= 0.3 is 0 Å². The van der Waals surface area contributed by atoms with E-state index < -0.39 is 0 Å². The highest BCUT2D eigenvalue weighted by atomic mass is 16.5. The molecule has 0 spiro atoms. The molecule has 0 radical (unpaired) electrons. The summed E-state index contributed by atoms with van der Waals surface area (Å²) in [5.41, 5.74) is 4.49. The van der Waals surface area contributed by atoms with Crippen molar-refractivity contribution >= 4 is 5.78 Å². The predicted octanol–water partition coefficient (Wildman–Crippen LogP) is 6.15. The maximum Gasteiger partial charge on any atom is 0.159 e. The van der Waals surface area contributed by atoms with Crippen molar-refractivity contribution in [1.29, 1.82) is 0 Å². The van der Waals surface area contributed by atoms with Gasteiger partial charge in [0.25, 0.3) is 0 Å². The van der Waals surface area contributed by atoms with Crippen LogP contribution >= 0.6 is 0 Å². The molecule has 2 aromatic rings. The van der Waals surface area contributed by atoms with Gasteiger partial charge in [0, 0.05) is 11.1 Å². The monoisotopic (exact) mass is 334 g/mol. The number of Topliss-reactive ketones (excluding diaryl/α,β-unsaturated/α-hetero) is 1. The van der Waals surface area contributed by atoms with Crippen LogP contribution in [-0.2, 0) is 0 Å². The van der Waals surface area contributed by atoms with E-state index in [0.717, 1.165) is 29.7 Å². The van der Waals surface area contributed by atoms with E-state index in [9.17, 15) is 4.79 Å². The highest BCUT2D eigenvalue weighted by molar-refractivity contribution is 5.96. The van der Waals surface area contributed by atoms with Crippen LogP contribution in [0.5, 0.6) is 5.75 Å². The largest absolute Gasteiger partial charge is 0.490 e. The molecule has 25 heavy (non-hydrogen) atoms. The molecule has 0 aromatic heterocycles. The molecule has 2 aliphatic carbocycles. The molecule has 2 nitrogen and oxygen atoms in total. The molecule has 2 saturated carbocycles. The van der Waals surface area contributed by atoms with Crippen LogP contribution < -0.4 is 4.74 Å². The van der Waals surface area contributed by atoms with Crippen LogP contribution in [-0.4, -0.2) is 11.9 Å². The van der Waals surface area contributed by atoms with Crippen molar-refractivity contribution in [2.24, 2.45) is 0 Å². The zero-order valence-electron chi connectivity index (χ0n) is 15.0. The van der Waals surface area contributed by atoms with Crippen LogP contribution in [0.25, 0.3) is 11.1 Å². The molecule has 4 rings (SSSR count). The Morgan fingerprint density at radius 1 is 0.920 bits per heavy atom. The zero-order chi connectivity index (χ0) is 17.2. The van der Waals surface area contributed by atoms with Crippen LogP contribution in [0.2, 0.25) is 0 Å². The summed E-state index contributed by atoms with van der Waals surface area (Å²) in [6.07, 6.45) is 8.95. The van der Waals surface area contributed by atoms with Gasteiger partial charge in [0.2, 0.25) is 0 Å². The van der Waals surface area contributed by atoms with Crippen LogP contribution in [0.4, 0.5) is 0 Å². The lowest BCUT2D eigenvalue weighted by Gasteiger charge is -2.28. The second-order valence-corrected chi connectivity index (χ2v) is 7.51. The SMILES string of the molecule is CC(=O)c1ccc(OC2CCCC2)c(-c2ccccc2C2CCC2)c1. The molecule has 0 N–H and O–H groups in total. The van der Waals surface area contributed by atoms with Gasteiger partial charge in [0.1, 0.15) is 5.75 Å². The zero-order valence-corrected chi connectivity index (χ0v) is 15.0. The Labute approximate surface area is 150 Å². The van der Waals surface area contributed by atoms with Gasteiger partial charge in [-0.05, 0) is 80.7 Å². The summed E-state index contributed by atoms with van der Waals surface area (Å²) in [6, 6.07) is 14.6. The Hall–Kier alpha value is -2.09. The van der Waals surface area contributed by atoms with Crippen molar-refractivity contribution in [3.05, 3.63) is 53.6 Å². The van der Waals surface area contributed by atoms with Crippen molar-refractivity contribution in [2.45, 2.75) is 63.9 Å². The number of ketones is 1. The van der Waals surface area contributed by atoms with Crippen LogP contribution in [0.3, 0.4) is 0 Å². The second-order valence-electron chi connectivity index (χ2n) is 7.51. The van der Waals surface area contributed by atoms with E-state index in [4.69, 9.17) is 4.74 Å². The Morgan fingerprint density at radius 2 is 1.68 bits per heavy atom. The Bertz CT molecular complexity index is 767. The molecule has 2 heteroatoms. The number of hydrogen-bond acceptors (Lipinski definition) is 2. The van der Waals surface area contributed by atoms with E-state index in [2.05, 4.69) is 24.3 Å². The number of hydrogen-bond donors (Lipinski definition) is 0. The first-order valence-electron chi connectivity index (χ1n) is 9.63. The molecular weight excluding hydrogens is 308 g/mol.